The molecule has 2 aromatic rings. The highest BCUT2D eigenvalue weighted by Gasteiger charge is 2.27. The van der Waals surface area contributed by atoms with Crippen LogP contribution in [0.4, 0.5) is 11.6 Å². The average Bonchev–Trinajstić information content (AvgIpc) is 3.21. The Balaban J connectivity index is 1.55. The minimum atomic E-state index is 0.555. The summed E-state index contributed by atoms with van der Waals surface area (Å²) >= 11 is 0. The third-order valence-corrected chi connectivity index (χ3v) is 3.39. The fourth-order valence-electron chi connectivity index (χ4n) is 2.16. The molecule has 0 saturated heterocycles. The van der Waals surface area contributed by atoms with Gasteiger partial charge < -0.3 is 10.6 Å². The Morgan fingerprint density at radius 3 is 2.71 bits per heavy atom. The van der Waals surface area contributed by atoms with Crippen molar-refractivity contribution in [1.29, 1.82) is 0 Å². The van der Waals surface area contributed by atoms with Gasteiger partial charge in [-0.2, -0.15) is 0 Å². The molecule has 2 aromatic heterocycles. The summed E-state index contributed by atoms with van der Waals surface area (Å²) in [5.41, 5.74) is 0. The SMILES string of the molecule is CCNc1cc(NCCCn2ccnn2)nc(C2CC2)n1. The molecule has 2 N–H and O–H groups in total. The first-order chi connectivity index (χ1) is 10.3. The van der Waals surface area contributed by atoms with Crippen molar-refractivity contribution in [3.05, 3.63) is 24.3 Å². The summed E-state index contributed by atoms with van der Waals surface area (Å²) in [7, 11) is 0. The molecule has 1 fully saturated rings. The largest absolute Gasteiger partial charge is 0.370 e. The fourth-order valence-corrected chi connectivity index (χ4v) is 2.16. The van der Waals surface area contributed by atoms with Gasteiger partial charge >= 0.3 is 0 Å². The highest BCUT2D eigenvalue weighted by molar-refractivity contribution is 5.48. The number of hydrogen-bond donors (Lipinski definition) is 2. The van der Waals surface area contributed by atoms with E-state index in [4.69, 9.17) is 0 Å². The third-order valence-electron chi connectivity index (χ3n) is 3.39. The molecule has 1 aliphatic carbocycles. The smallest absolute Gasteiger partial charge is 0.136 e. The summed E-state index contributed by atoms with van der Waals surface area (Å²) in [5.74, 6) is 3.33. The number of anilines is 2. The van der Waals surface area contributed by atoms with Crippen molar-refractivity contribution in [3.63, 3.8) is 0 Å². The van der Waals surface area contributed by atoms with Crippen LogP contribution in [0.3, 0.4) is 0 Å². The van der Waals surface area contributed by atoms with Crippen LogP contribution in [-0.2, 0) is 6.54 Å². The molecule has 2 heterocycles. The molecule has 0 atom stereocenters. The molecular formula is C14H21N7. The maximum atomic E-state index is 4.62. The second-order valence-electron chi connectivity index (χ2n) is 5.25. The molecule has 0 unspecified atom stereocenters. The number of aryl methyl sites for hydroxylation is 1. The number of nitrogens with zero attached hydrogens (tertiary/aromatic N) is 5. The molecule has 0 aromatic carbocycles. The van der Waals surface area contributed by atoms with Crippen molar-refractivity contribution in [1.82, 2.24) is 25.0 Å². The highest BCUT2D eigenvalue weighted by atomic mass is 15.4. The lowest BCUT2D eigenvalue weighted by Gasteiger charge is -2.10. The molecule has 0 spiro atoms. The standard InChI is InChI=1S/C14H21N7/c1-2-15-12-10-13(19-14(18-12)11-4-5-11)16-6-3-8-21-9-7-17-20-21/h7,9-11H,2-6,8H2,1H3,(H2,15,16,18,19). The minimum Gasteiger partial charge on any atom is -0.370 e. The lowest BCUT2D eigenvalue weighted by Crippen LogP contribution is -2.10. The van der Waals surface area contributed by atoms with Gasteiger partial charge in [-0.15, -0.1) is 5.10 Å². The Labute approximate surface area is 124 Å². The van der Waals surface area contributed by atoms with Gasteiger partial charge in [0.15, 0.2) is 0 Å². The van der Waals surface area contributed by atoms with Crippen molar-refractivity contribution in [2.45, 2.75) is 38.6 Å². The van der Waals surface area contributed by atoms with Gasteiger partial charge in [0.25, 0.3) is 0 Å². The molecule has 7 heteroatoms. The first-order valence-corrected chi connectivity index (χ1v) is 7.56. The Bertz CT molecular complexity index is 563. The van der Waals surface area contributed by atoms with E-state index in [1.165, 1.54) is 12.8 Å². The molecule has 1 aliphatic rings. The molecule has 0 amide bonds. The second-order valence-corrected chi connectivity index (χ2v) is 5.25. The number of rotatable bonds is 8. The summed E-state index contributed by atoms with van der Waals surface area (Å²) < 4.78 is 1.83. The molecule has 1 saturated carbocycles. The zero-order valence-corrected chi connectivity index (χ0v) is 12.3. The van der Waals surface area contributed by atoms with E-state index in [2.05, 4.69) is 37.8 Å². The normalized spacial score (nSPS) is 14.1. The Kier molecular flexibility index (Phi) is 4.28. The third kappa shape index (κ3) is 3.90. The zero-order valence-electron chi connectivity index (χ0n) is 12.3. The average molecular weight is 287 g/mol. The number of hydrogen-bond acceptors (Lipinski definition) is 6. The van der Waals surface area contributed by atoms with E-state index in [1.54, 1.807) is 6.20 Å². The van der Waals surface area contributed by atoms with Crippen molar-refractivity contribution < 1.29 is 0 Å². The molecule has 0 bridgehead atoms. The van der Waals surface area contributed by atoms with Crippen LogP contribution < -0.4 is 10.6 Å². The molecule has 112 valence electrons. The predicted octanol–water partition coefficient (Wildman–Crippen LogP) is 1.88. The quantitative estimate of drug-likeness (QED) is 0.722. The Morgan fingerprint density at radius 2 is 2.05 bits per heavy atom. The zero-order chi connectivity index (χ0) is 14.5. The maximum Gasteiger partial charge on any atom is 0.136 e. The number of aromatic nitrogens is 5. The van der Waals surface area contributed by atoms with Gasteiger partial charge in [-0.25, -0.2) is 9.97 Å². The van der Waals surface area contributed by atoms with Gasteiger partial charge in [-0.05, 0) is 26.2 Å². The van der Waals surface area contributed by atoms with Gasteiger partial charge in [-0.1, -0.05) is 5.21 Å². The summed E-state index contributed by atoms with van der Waals surface area (Å²) in [5, 5.41) is 14.4. The first-order valence-electron chi connectivity index (χ1n) is 7.56. The van der Waals surface area contributed by atoms with Crippen LogP contribution >= 0.6 is 0 Å². The maximum absolute atomic E-state index is 4.62. The molecule has 7 nitrogen and oxygen atoms in total. The van der Waals surface area contributed by atoms with E-state index in [9.17, 15) is 0 Å². The van der Waals surface area contributed by atoms with Gasteiger partial charge in [0.05, 0.1) is 6.20 Å². The molecule has 0 radical (unpaired) electrons. The monoisotopic (exact) mass is 287 g/mol. The Hall–Kier alpha value is -2.18. The van der Waals surface area contributed by atoms with E-state index in [0.29, 0.717) is 5.92 Å². The summed E-state index contributed by atoms with van der Waals surface area (Å²) in [6, 6.07) is 1.98. The second kappa shape index (κ2) is 6.51. The molecular weight excluding hydrogens is 266 g/mol. The van der Waals surface area contributed by atoms with E-state index < -0.39 is 0 Å². The molecule has 3 rings (SSSR count). The summed E-state index contributed by atoms with van der Waals surface area (Å²) in [6.45, 7) is 4.65. The van der Waals surface area contributed by atoms with Crippen LogP contribution in [0.25, 0.3) is 0 Å². The van der Waals surface area contributed by atoms with E-state index in [0.717, 1.165) is 43.5 Å². The van der Waals surface area contributed by atoms with Crippen molar-refractivity contribution in [2.75, 3.05) is 23.7 Å². The fraction of sp³-hybridized carbons (Fsp3) is 0.571. The van der Waals surface area contributed by atoms with Crippen LogP contribution in [0.1, 0.15) is 37.9 Å². The van der Waals surface area contributed by atoms with Gasteiger partial charge in [-0.3, -0.25) is 4.68 Å². The minimum absolute atomic E-state index is 0.555. The van der Waals surface area contributed by atoms with Crippen LogP contribution in [-0.4, -0.2) is 38.1 Å². The lowest BCUT2D eigenvalue weighted by atomic mass is 10.3. The molecule has 21 heavy (non-hydrogen) atoms. The van der Waals surface area contributed by atoms with Crippen molar-refractivity contribution >= 4 is 11.6 Å². The van der Waals surface area contributed by atoms with E-state index >= 15 is 0 Å². The number of nitrogens with one attached hydrogen (secondary N) is 2. The predicted molar refractivity (Wildman–Crippen MR) is 81.3 cm³/mol. The topological polar surface area (TPSA) is 80.5 Å². The summed E-state index contributed by atoms with van der Waals surface area (Å²) in [6.07, 6.45) is 6.97. The lowest BCUT2D eigenvalue weighted by molar-refractivity contribution is 0.569. The summed E-state index contributed by atoms with van der Waals surface area (Å²) in [4.78, 5) is 9.18. The van der Waals surface area contributed by atoms with Gasteiger partial charge in [0.1, 0.15) is 17.5 Å². The van der Waals surface area contributed by atoms with E-state index in [-0.39, 0.29) is 0 Å². The van der Waals surface area contributed by atoms with Crippen LogP contribution in [0.2, 0.25) is 0 Å². The molecule has 0 aliphatic heterocycles. The highest BCUT2D eigenvalue weighted by Crippen LogP contribution is 2.38. The van der Waals surface area contributed by atoms with Crippen LogP contribution in [0.15, 0.2) is 18.5 Å². The van der Waals surface area contributed by atoms with Gasteiger partial charge in [0.2, 0.25) is 0 Å². The van der Waals surface area contributed by atoms with Crippen molar-refractivity contribution in [2.24, 2.45) is 0 Å². The van der Waals surface area contributed by atoms with E-state index in [1.807, 2.05) is 16.9 Å². The van der Waals surface area contributed by atoms with Crippen LogP contribution in [0, 0.1) is 0 Å². The van der Waals surface area contributed by atoms with Crippen LogP contribution in [0.5, 0.6) is 0 Å². The van der Waals surface area contributed by atoms with Crippen molar-refractivity contribution in [3.8, 4) is 0 Å². The first kappa shape index (κ1) is 13.8. The van der Waals surface area contributed by atoms with Gasteiger partial charge in [0, 0.05) is 37.8 Å². The Morgan fingerprint density at radius 1 is 1.24 bits per heavy atom.